The van der Waals surface area contributed by atoms with E-state index in [0.717, 1.165) is 40.4 Å². The van der Waals surface area contributed by atoms with Crippen molar-refractivity contribution in [1.82, 2.24) is 15.3 Å². The smallest absolute Gasteiger partial charge is 0.263 e. The molecule has 30 heavy (non-hydrogen) atoms. The molecule has 158 valence electrons. The number of carbonyl (C=O) groups excluding carboxylic acids is 1. The van der Waals surface area contributed by atoms with Gasteiger partial charge in [-0.05, 0) is 49.6 Å². The van der Waals surface area contributed by atoms with Gasteiger partial charge in [0.25, 0.3) is 5.91 Å². The number of thiazole rings is 1. The first kappa shape index (κ1) is 21.8. The van der Waals surface area contributed by atoms with Gasteiger partial charge in [0.1, 0.15) is 9.88 Å². The summed E-state index contributed by atoms with van der Waals surface area (Å²) < 4.78 is 10.6. The topological polar surface area (TPSA) is 73.3 Å². The van der Waals surface area contributed by atoms with Crippen LogP contribution in [0.4, 0.5) is 0 Å². The lowest BCUT2D eigenvalue weighted by Gasteiger charge is -2.10. The second-order valence-corrected chi connectivity index (χ2v) is 7.91. The van der Waals surface area contributed by atoms with Gasteiger partial charge in [0.15, 0.2) is 11.5 Å². The highest BCUT2D eigenvalue weighted by Crippen LogP contribution is 2.29. The van der Waals surface area contributed by atoms with Crippen LogP contribution >= 0.6 is 11.3 Å². The van der Waals surface area contributed by atoms with Gasteiger partial charge in [-0.3, -0.25) is 9.78 Å². The first-order chi connectivity index (χ1) is 14.5. The fraction of sp³-hybridized carbons (Fsp3) is 0.348. The van der Waals surface area contributed by atoms with E-state index in [1.165, 1.54) is 11.3 Å². The molecule has 0 fully saturated rings. The number of pyridine rings is 1. The van der Waals surface area contributed by atoms with Gasteiger partial charge in [0, 0.05) is 24.0 Å². The lowest BCUT2D eigenvalue weighted by Crippen LogP contribution is -2.25. The van der Waals surface area contributed by atoms with Gasteiger partial charge in [-0.1, -0.05) is 19.4 Å². The van der Waals surface area contributed by atoms with Crippen LogP contribution in [0.5, 0.6) is 11.5 Å². The van der Waals surface area contributed by atoms with E-state index < -0.39 is 0 Å². The zero-order valence-corrected chi connectivity index (χ0v) is 18.6. The molecule has 2 heterocycles. The number of aromatic nitrogens is 2. The first-order valence-electron chi connectivity index (χ1n) is 9.97. The summed E-state index contributed by atoms with van der Waals surface area (Å²) in [7, 11) is 3.22. The highest BCUT2D eigenvalue weighted by Gasteiger charge is 2.16. The van der Waals surface area contributed by atoms with Crippen LogP contribution in [-0.2, 0) is 12.8 Å². The number of hydrogen-bond donors (Lipinski definition) is 1. The summed E-state index contributed by atoms with van der Waals surface area (Å²) >= 11 is 1.42. The van der Waals surface area contributed by atoms with E-state index in [0.29, 0.717) is 29.3 Å². The van der Waals surface area contributed by atoms with Crippen molar-refractivity contribution in [2.45, 2.75) is 33.1 Å². The van der Waals surface area contributed by atoms with E-state index in [4.69, 9.17) is 9.47 Å². The van der Waals surface area contributed by atoms with Crippen molar-refractivity contribution in [2.24, 2.45) is 0 Å². The third-order valence-corrected chi connectivity index (χ3v) is 5.92. The van der Waals surface area contributed by atoms with Gasteiger partial charge in [-0.15, -0.1) is 11.3 Å². The minimum Gasteiger partial charge on any atom is -0.493 e. The molecule has 0 bridgehead atoms. The minimum absolute atomic E-state index is 0.0976. The molecule has 0 atom stereocenters. The Kier molecular flexibility index (Phi) is 7.41. The van der Waals surface area contributed by atoms with Crippen LogP contribution in [0, 0.1) is 6.92 Å². The zero-order valence-electron chi connectivity index (χ0n) is 17.8. The molecule has 0 radical (unpaired) electrons. The van der Waals surface area contributed by atoms with Crippen molar-refractivity contribution >= 4 is 17.2 Å². The van der Waals surface area contributed by atoms with E-state index in [-0.39, 0.29) is 5.91 Å². The summed E-state index contributed by atoms with van der Waals surface area (Å²) in [5.41, 5.74) is 3.86. The van der Waals surface area contributed by atoms with Gasteiger partial charge in [0.2, 0.25) is 0 Å². The quantitative estimate of drug-likeness (QED) is 0.548. The second-order valence-electron chi connectivity index (χ2n) is 6.91. The second kappa shape index (κ2) is 10.2. The Labute approximate surface area is 181 Å². The predicted octanol–water partition coefficient (Wildman–Crippen LogP) is 4.46. The highest BCUT2D eigenvalue weighted by atomic mass is 32.1. The molecule has 6 nitrogen and oxygen atoms in total. The Morgan fingerprint density at radius 2 is 1.90 bits per heavy atom. The molecule has 3 rings (SSSR count). The summed E-state index contributed by atoms with van der Waals surface area (Å²) in [5, 5.41) is 3.84. The van der Waals surface area contributed by atoms with Crippen LogP contribution < -0.4 is 14.8 Å². The summed E-state index contributed by atoms with van der Waals surface area (Å²) in [4.78, 5) is 22.3. The van der Waals surface area contributed by atoms with Gasteiger partial charge >= 0.3 is 0 Å². The number of amides is 1. The average molecular weight is 426 g/mol. The number of methoxy groups -OCH3 is 2. The molecule has 2 aromatic heterocycles. The molecular weight excluding hydrogens is 398 g/mol. The van der Waals surface area contributed by atoms with Crippen molar-refractivity contribution in [3.05, 3.63) is 58.4 Å². The number of nitrogens with one attached hydrogen (secondary N) is 1. The lowest BCUT2D eigenvalue weighted by atomic mass is 10.1. The average Bonchev–Trinajstić information content (AvgIpc) is 3.15. The molecule has 0 unspecified atom stereocenters. The summed E-state index contributed by atoms with van der Waals surface area (Å²) in [6.07, 6.45) is 4.48. The molecule has 1 N–H and O–H groups in total. The number of rotatable bonds is 9. The van der Waals surface area contributed by atoms with E-state index in [1.54, 1.807) is 20.4 Å². The van der Waals surface area contributed by atoms with Crippen molar-refractivity contribution in [3.8, 4) is 22.1 Å². The third-order valence-electron chi connectivity index (χ3n) is 4.72. The number of carbonyl (C=O) groups is 1. The molecule has 0 aliphatic heterocycles. The number of benzene rings is 1. The van der Waals surface area contributed by atoms with Crippen LogP contribution in [0.1, 0.15) is 40.0 Å². The van der Waals surface area contributed by atoms with Crippen LogP contribution in [0.15, 0.2) is 36.5 Å². The predicted molar refractivity (Wildman–Crippen MR) is 120 cm³/mol. The fourth-order valence-electron chi connectivity index (χ4n) is 3.17. The standard InChI is InChI=1S/C23H27N3O3S/c1-5-6-18-14-17(10-12-24-18)23-26-15(2)21(30-23)22(27)25-11-9-16-7-8-19(28-3)20(13-16)29-4/h7-8,10,12-14H,5-6,9,11H2,1-4H3,(H,25,27). The molecule has 7 heteroatoms. The summed E-state index contributed by atoms with van der Waals surface area (Å²) in [5.74, 6) is 1.28. The highest BCUT2D eigenvalue weighted by molar-refractivity contribution is 7.17. The van der Waals surface area contributed by atoms with Crippen LogP contribution in [0.2, 0.25) is 0 Å². The number of aryl methyl sites for hydroxylation is 2. The molecule has 0 spiro atoms. The Balaban J connectivity index is 1.64. The van der Waals surface area contributed by atoms with Gasteiger partial charge in [-0.25, -0.2) is 4.98 Å². The van der Waals surface area contributed by atoms with Gasteiger partial charge in [-0.2, -0.15) is 0 Å². The molecule has 3 aromatic rings. The Morgan fingerprint density at radius 1 is 1.10 bits per heavy atom. The molecule has 1 amide bonds. The number of ether oxygens (including phenoxy) is 2. The third kappa shape index (κ3) is 5.16. The van der Waals surface area contributed by atoms with E-state index in [2.05, 4.69) is 28.3 Å². The monoisotopic (exact) mass is 425 g/mol. The summed E-state index contributed by atoms with van der Waals surface area (Å²) in [6, 6.07) is 9.77. The van der Waals surface area contributed by atoms with Crippen LogP contribution in [0.25, 0.3) is 10.6 Å². The van der Waals surface area contributed by atoms with Crippen molar-refractivity contribution in [3.63, 3.8) is 0 Å². The molecule has 0 saturated carbocycles. The lowest BCUT2D eigenvalue weighted by molar-refractivity contribution is 0.0957. The Bertz CT molecular complexity index is 1020. The maximum absolute atomic E-state index is 12.7. The number of nitrogens with zero attached hydrogens (tertiary/aromatic N) is 2. The zero-order chi connectivity index (χ0) is 21.5. The maximum Gasteiger partial charge on any atom is 0.263 e. The first-order valence-corrected chi connectivity index (χ1v) is 10.8. The minimum atomic E-state index is -0.0976. The molecule has 0 saturated heterocycles. The van der Waals surface area contributed by atoms with Crippen LogP contribution in [0.3, 0.4) is 0 Å². The summed E-state index contributed by atoms with van der Waals surface area (Å²) in [6.45, 7) is 4.53. The van der Waals surface area contributed by atoms with Crippen molar-refractivity contribution in [1.29, 1.82) is 0 Å². The van der Waals surface area contributed by atoms with Crippen LogP contribution in [-0.4, -0.2) is 36.6 Å². The van der Waals surface area contributed by atoms with E-state index in [9.17, 15) is 4.79 Å². The van der Waals surface area contributed by atoms with E-state index in [1.807, 2.05) is 31.2 Å². The molecule has 1 aromatic carbocycles. The van der Waals surface area contributed by atoms with Gasteiger partial charge in [0.05, 0.1) is 19.9 Å². The van der Waals surface area contributed by atoms with E-state index >= 15 is 0 Å². The van der Waals surface area contributed by atoms with Crippen molar-refractivity contribution < 1.29 is 14.3 Å². The maximum atomic E-state index is 12.7. The fourth-order valence-corrected chi connectivity index (χ4v) is 4.15. The number of hydrogen-bond acceptors (Lipinski definition) is 6. The molecule has 0 aliphatic rings. The van der Waals surface area contributed by atoms with Crippen molar-refractivity contribution in [2.75, 3.05) is 20.8 Å². The Morgan fingerprint density at radius 3 is 2.63 bits per heavy atom. The normalized spacial score (nSPS) is 10.7. The Hall–Kier alpha value is -2.93. The largest absolute Gasteiger partial charge is 0.493 e. The molecular formula is C23H27N3O3S. The van der Waals surface area contributed by atoms with Gasteiger partial charge < -0.3 is 14.8 Å². The molecule has 0 aliphatic carbocycles. The SMILES string of the molecule is CCCc1cc(-c2nc(C)c(C(=O)NCCc3ccc(OC)c(OC)c3)s2)ccn1.